The van der Waals surface area contributed by atoms with Gasteiger partial charge in [-0.15, -0.1) is 11.3 Å². The SMILES string of the molecule is CCCN(CCNS(=O)(=O)c1ccc(Br)s1)C(C)=O. The Balaban J connectivity index is 2.54. The Morgan fingerprint density at radius 1 is 1.42 bits per heavy atom. The summed E-state index contributed by atoms with van der Waals surface area (Å²) in [5.41, 5.74) is 0. The number of sulfonamides is 1. The van der Waals surface area contributed by atoms with Crippen molar-refractivity contribution in [2.24, 2.45) is 0 Å². The predicted molar refractivity (Wildman–Crippen MR) is 79.8 cm³/mol. The molecule has 108 valence electrons. The Kier molecular flexibility index (Phi) is 6.45. The molecule has 1 amide bonds. The number of hydrogen-bond acceptors (Lipinski definition) is 4. The highest BCUT2D eigenvalue weighted by Crippen LogP contribution is 2.25. The third-order valence-corrected chi connectivity index (χ3v) is 6.00. The fourth-order valence-electron chi connectivity index (χ4n) is 1.52. The van der Waals surface area contributed by atoms with Crippen molar-refractivity contribution in [1.82, 2.24) is 9.62 Å². The van der Waals surface area contributed by atoms with Crippen molar-refractivity contribution < 1.29 is 13.2 Å². The summed E-state index contributed by atoms with van der Waals surface area (Å²) in [5, 5.41) is 0. The minimum absolute atomic E-state index is 0.0417. The van der Waals surface area contributed by atoms with E-state index in [1.165, 1.54) is 6.92 Å². The van der Waals surface area contributed by atoms with Crippen molar-refractivity contribution in [3.8, 4) is 0 Å². The monoisotopic (exact) mass is 368 g/mol. The molecule has 0 aromatic carbocycles. The summed E-state index contributed by atoms with van der Waals surface area (Å²) in [6.45, 7) is 4.71. The molecule has 1 aromatic rings. The summed E-state index contributed by atoms with van der Waals surface area (Å²) in [6, 6.07) is 3.24. The van der Waals surface area contributed by atoms with E-state index in [2.05, 4.69) is 20.7 Å². The smallest absolute Gasteiger partial charge is 0.250 e. The van der Waals surface area contributed by atoms with Gasteiger partial charge in [0.15, 0.2) is 0 Å². The van der Waals surface area contributed by atoms with Crippen LogP contribution in [0.5, 0.6) is 0 Å². The van der Waals surface area contributed by atoms with Crippen molar-refractivity contribution in [3.05, 3.63) is 15.9 Å². The fourth-order valence-corrected chi connectivity index (χ4v) is 4.60. The molecule has 0 aliphatic rings. The molecule has 0 spiro atoms. The molecule has 0 unspecified atom stereocenters. The highest BCUT2D eigenvalue weighted by molar-refractivity contribution is 9.11. The average molecular weight is 369 g/mol. The number of carbonyl (C=O) groups is 1. The van der Waals surface area contributed by atoms with Crippen LogP contribution >= 0.6 is 27.3 Å². The molecule has 0 saturated carbocycles. The third-order valence-electron chi connectivity index (χ3n) is 2.43. The second kappa shape index (κ2) is 7.37. The number of thiophene rings is 1. The topological polar surface area (TPSA) is 66.5 Å². The van der Waals surface area contributed by atoms with Crippen molar-refractivity contribution >= 4 is 43.2 Å². The van der Waals surface area contributed by atoms with Crippen molar-refractivity contribution in [2.45, 2.75) is 24.5 Å². The molecular formula is C11H17BrN2O3S2. The molecular weight excluding hydrogens is 352 g/mol. The summed E-state index contributed by atoms with van der Waals surface area (Å²) in [4.78, 5) is 12.9. The van der Waals surface area contributed by atoms with Crippen molar-refractivity contribution in [1.29, 1.82) is 0 Å². The minimum atomic E-state index is -3.48. The molecule has 5 nitrogen and oxygen atoms in total. The Morgan fingerprint density at radius 3 is 2.58 bits per heavy atom. The van der Waals surface area contributed by atoms with Crippen LogP contribution in [-0.4, -0.2) is 38.9 Å². The van der Waals surface area contributed by atoms with Crippen LogP contribution in [0, 0.1) is 0 Å². The molecule has 0 saturated heterocycles. The van der Waals surface area contributed by atoms with Crippen LogP contribution in [0.15, 0.2) is 20.1 Å². The van der Waals surface area contributed by atoms with E-state index in [-0.39, 0.29) is 16.7 Å². The summed E-state index contributed by atoms with van der Waals surface area (Å²) in [6.07, 6.45) is 0.851. The molecule has 0 fully saturated rings. The van der Waals surface area contributed by atoms with Gasteiger partial charge in [0.25, 0.3) is 0 Å². The van der Waals surface area contributed by atoms with Gasteiger partial charge in [0.05, 0.1) is 3.79 Å². The lowest BCUT2D eigenvalue weighted by atomic mass is 10.4. The number of amides is 1. The molecule has 1 aromatic heterocycles. The van der Waals surface area contributed by atoms with Gasteiger partial charge in [-0.1, -0.05) is 6.92 Å². The molecule has 0 radical (unpaired) electrons. The lowest BCUT2D eigenvalue weighted by Gasteiger charge is -2.20. The summed E-state index contributed by atoms with van der Waals surface area (Å²) >= 11 is 4.38. The van der Waals surface area contributed by atoms with E-state index in [9.17, 15) is 13.2 Å². The van der Waals surface area contributed by atoms with Crippen molar-refractivity contribution in [2.75, 3.05) is 19.6 Å². The molecule has 0 aliphatic carbocycles. The van der Waals surface area contributed by atoms with Gasteiger partial charge in [0.1, 0.15) is 4.21 Å². The first kappa shape index (κ1) is 16.6. The number of nitrogens with one attached hydrogen (secondary N) is 1. The molecule has 8 heteroatoms. The van der Waals surface area contributed by atoms with Gasteiger partial charge in [-0.3, -0.25) is 4.79 Å². The lowest BCUT2D eigenvalue weighted by molar-refractivity contribution is -0.128. The Bertz CT molecular complexity index is 528. The molecule has 1 rings (SSSR count). The van der Waals surface area contributed by atoms with Crippen LogP contribution in [0.2, 0.25) is 0 Å². The van der Waals surface area contributed by atoms with Crippen LogP contribution < -0.4 is 4.72 Å². The number of hydrogen-bond donors (Lipinski definition) is 1. The molecule has 0 bridgehead atoms. The van der Waals surface area contributed by atoms with Gasteiger partial charge in [-0.2, -0.15) is 0 Å². The number of nitrogens with zero attached hydrogens (tertiary/aromatic N) is 1. The molecule has 1 heterocycles. The van der Waals surface area contributed by atoms with E-state index in [1.807, 2.05) is 6.92 Å². The number of rotatable bonds is 7. The van der Waals surface area contributed by atoms with Gasteiger partial charge >= 0.3 is 0 Å². The van der Waals surface area contributed by atoms with Crippen LogP contribution in [-0.2, 0) is 14.8 Å². The zero-order valence-corrected chi connectivity index (χ0v) is 14.1. The van der Waals surface area contributed by atoms with Crippen LogP contribution in [0.3, 0.4) is 0 Å². The standard InChI is InChI=1S/C11H17BrN2O3S2/c1-3-7-14(9(2)15)8-6-13-19(16,17)11-5-4-10(12)18-11/h4-5,13H,3,6-8H2,1-2H3. The highest BCUT2D eigenvalue weighted by Gasteiger charge is 2.16. The molecule has 0 atom stereocenters. The summed E-state index contributed by atoms with van der Waals surface area (Å²) in [5.74, 6) is -0.0417. The second-order valence-electron chi connectivity index (χ2n) is 3.96. The third kappa shape index (κ3) is 5.21. The number of carbonyl (C=O) groups excluding carboxylic acids is 1. The zero-order valence-electron chi connectivity index (χ0n) is 10.8. The summed E-state index contributed by atoms with van der Waals surface area (Å²) in [7, 11) is -3.48. The average Bonchev–Trinajstić information content (AvgIpc) is 2.75. The fraction of sp³-hybridized carbons (Fsp3) is 0.545. The van der Waals surface area contributed by atoms with Crippen LogP contribution in [0.25, 0.3) is 0 Å². The van der Waals surface area contributed by atoms with Crippen molar-refractivity contribution in [3.63, 3.8) is 0 Å². The minimum Gasteiger partial charge on any atom is -0.342 e. The van der Waals surface area contributed by atoms with E-state index >= 15 is 0 Å². The molecule has 1 N–H and O–H groups in total. The van der Waals surface area contributed by atoms with E-state index < -0.39 is 10.0 Å². The first-order chi connectivity index (χ1) is 8.86. The van der Waals surface area contributed by atoms with Gasteiger partial charge < -0.3 is 4.90 Å². The van der Waals surface area contributed by atoms with E-state index in [0.29, 0.717) is 13.1 Å². The quantitative estimate of drug-likeness (QED) is 0.800. The Labute approximate surface area is 126 Å². The molecule has 19 heavy (non-hydrogen) atoms. The van der Waals surface area contributed by atoms with Gasteiger partial charge in [-0.05, 0) is 34.5 Å². The Morgan fingerprint density at radius 2 is 2.11 bits per heavy atom. The largest absolute Gasteiger partial charge is 0.342 e. The highest BCUT2D eigenvalue weighted by atomic mass is 79.9. The normalized spacial score (nSPS) is 11.5. The van der Waals surface area contributed by atoms with E-state index in [1.54, 1.807) is 17.0 Å². The van der Waals surface area contributed by atoms with Crippen LogP contribution in [0.1, 0.15) is 20.3 Å². The van der Waals surface area contributed by atoms with Gasteiger partial charge in [-0.25, -0.2) is 13.1 Å². The maximum absolute atomic E-state index is 11.9. The lowest BCUT2D eigenvalue weighted by Crippen LogP contribution is -2.37. The maximum atomic E-state index is 11.9. The summed E-state index contributed by atoms with van der Waals surface area (Å²) < 4.78 is 27.4. The maximum Gasteiger partial charge on any atom is 0.250 e. The second-order valence-corrected chi connectivity index (χ2v) is 8.42. The van der Waals surface area contributed by atoms with Crippen LogP contribution in [0.4, 0.5) is 0 Å². The first-order valence-corrected chi connectivity index (χ1v) is 8.96. The number of halogens is 1. The first-order valence-electron chi connectivity index (χ1n) is 5.87. The zero-order chi connectivity index (χ0) is 14.5. The predicted octanol–water partition coefficient (Wildman–Crippen LogP) is 2.05. The Hall–Kier alpha value is -0.440. The van der Waals surface area contributed by atoms with E-state index in [0.717, 1.165) is 21.5 Å². The van der Waals surface area contributed by atoms with E-state index in [4.69, 9.17) is 0 Å². The van der Waals surface area contributed by atoms with Gasteiger partial charge in [0.2, 0.25) is 15.9 Å². The molecule has 0 aliphatic heterocycles. The van der Waals surface area contributed by atoms with Gasteiger partial charge in [0, 0.05) is 26.6 Å².